The van der Waals surface area contributed by atoms with Gasteiger partial charge in [0.05, 0.1) is 0 Å². The Hall–Kier alpha value is -1.31. The van der Waals surface area contributed by atoms with Gasteiger partial charge in [-0.25, -0.2) is 0 Å². The van der Waals surface area contributed by atoms with Gasteiger partial charge in [0.2, 0.25) is 0 Å². The van der Waals surface area contributed by atoms with Gasteiger partial charge < -0.3 is 5.11 Å². The molecule has 0 saturated carbocycles. The van der Waals surface area contributed by atoms with Crippen molar-refractivity contribution in [2.75, 3.05) is 0 Å². The lowest BCUT2D eigenvalue weighted by atomic mass is 9.47. The van der Waals surface area contributed by atoms with Crippen LogP contribution < -0.4 is 0 Å². The Morgan fingerprint density at radius 2 is 1.00 bits per heavy atom. The zero-order chi connectivity index (χ0) is 23.5. The molecule has 0 amide bonds. The van der Waals surface area contributed by atoms with Crippen molar-refractivity contribution in [2.45, 2.75) is 53.5 Å². The van der Waals surface area contributed by atoms with E-state index in [1.807, 2.05) is 0 Å². The van der Waals surface area contributed by atoms with Crippen LogP contribution in [-0.4, -0.2) is 73.8 Å². The van der Waals surface area contributed by atoms with Crippen LogP contribution in [-0.2, 0) is 4.79 Å². The van der Waals surface area contributed by atoms with E-state index in [4.69, 9.17) is 5.11 Å². The maximum Gasteiger partial charge on any atom is 0.303 e. The smallest absolute Gasteiger partial charge is 0.303 e. The minimum atomic E-state index is -0.727. The van der Waals surface area contributed by atoms with Crippen molar-refractivity contribution in [3.05, 3.63) is 60.8 Å². The van der Waals surface area contributed by atoms with Gasteiger partial charge in [0.15, 0.2) is 0 Å². The molecule has 0 radical (unpaired) electrons. The minimum absolute atomic E-state index is 0.0119. The van der Waals surface area contributed by atoms with Gasteiger partial charge >= 0.3 is 5.97 Å². The third-order valence-electron chi connectivity index (χ3n) is 4.92. The molecule has 0 unspecified atom stereocenters. The summed E-state index contributed by atoms with van der Waals surface area (Å²) in [7, 11) is 17.7. The summed E-state index contributed by atoms with van der Waals surface area (Å²) in [5, 5.41) is 8.67. The van der Waals surface area contributed by atoms with E-state index >= 15 is 0 Å². The molecule has 0 aromatic carbocycles. The standard InChI is InChI=1S/C20H38B8O2/c1-2-3-8-17(21,22)10-12-19(25,26)14-15-20(27,28)13-11-18(23,24)9-6-4-5-7-16(29)30/h3,6,8-15H,2,4-5,7,21-28H2,1H3,(H,29,30)/b8-3-,9-6-,12-10-,13-11-,15-14-. The quantitative estimate of drug-likeness (QED) is 0.221. The molecule has 10 heteroatoms. The van der Waals surface area contributed by atoms with Crippen molar-refractivity contribution in [1.29, 1.82) is 0 Å². The van der Waals surface area contributed by atoms with Crippen molar-refractivity contribution in [1.82, 2.24) is 0 Å². The number of hydrogen-bond donors (Lipinski definition) is 1. The van der Waals surface area contributed by atoms with Gasteiger partial charge in [-0.3, -0.25) is 4.79 Å². The second kappa shape index (κ2) is 12.5. The van der Waals surface area contributed by atoms with Crippen LogP contribution in [0.2, 0.25) is 20.9 Å². The number of aliphatic carboxylic acids is 1. The average Bonchev–Trinajstić information content (AvgIpc) is 2.62. The SMILES string of the molecule is BC(B)(/C=C\CC)/C=C\C(B)(B)/C=C\C(B)(B)/C=C\C(B)(B)/C=C\CCCC(=O)O. The Kier molecular flexibility index (Phi) is 12.0. The summed E-state index contributed by atoms with van der Waals surface area (Å²) in [4.78, 5) is 10.6. The van der Waals surface area contributed by atoms with Crippen LogP contribution in [0.3, 0.4) is 0 Å². The number of carboxylic acid groups (broad SMARTS) is 1. The molecule has 30 heavy (non-hydrogen) atoms. The Labute approximate surface area is 192 Å². The van der Waals surface area contributed by atoms with E-state index < -0.39 is 5.97 Å². The monoisotopic (exact) mass is 398 g/mol. The molecule has 0 saturated heterocycles. The molecule has 0 aliphatic heterocycles. The van der Waals surface area contributed by atoms with Gasteiger partial charge in [0.1, 0.15) is 62.8 Å². The van der Waals surface area contributed by atoms with E-state index in [1.165, 1.54) is 0 Å². The zero-order valence-corrected chi connectivity index (χ0v) is 21.0. The van der Waals surface area contributed by atoms with Crippen LogP contribution in [0.1, 0.15) is 32.6 Å². The van der Waals surface area contributed by atoms with Crippen LogP contribution in [0.15, 0.2) is 60.8 Å². The fourth-order valence-corrected chi connectivity index (χ4v) is 2.69. The van der Waals surface area contributed by atoms with Crippen LogP contribution >= 0.6 is 0 Å². The Balaban J connectivity index is 5.01. The Morgan fingerprint density at radius 1 is 0.667 bits per heavy atom. The van der Waals surface area contributed by atoms with Crippen LogP contribution in [0.4, 0.5) is 0 Å². The van der Waals surface area contributed by atoms with Gasteiger partial charge in [0.25, 0.3) is 0 Å². The van der Waals surface area contributed by atoms with Crippen molar-refractivity contribution in [3.8, 4) is 0 Å². The molecule has 1 N–H and O–H groups in total. The summed E-state index contributed by atoms with van der Waals surface area (Å²) < 4.78 is 0. The lowest BCUT2D eigenvalue weighted by molar-refractivity contribution is -0.137. The van der Waals surface area contributed by atoms with E-state index in [9.17, 15) is 4.79 Å². The van der Waals surface area contributed by atoms with Gasteiger partial charge in [-0.1, -0.05) is 88.5 Å². The summed E-state index contributed by atoms with van der Waals surface area (Å²) in [6, 6.07) is 0. The van der Waals surface area contributed by atoms with E-state index in [1.54, 1.807) is 0 Å². The summed E-state index contributed by atoms with van der Waals surface area (Å²) in [6.07, 6.45) is 25.2. The summed E-state index contributed by atoms with van der Waals surface area (Å²) in [5.74, 6) is -0.727. The number of carbonyl (C=O) groups is 1. The number of carboxylic acids is 1. The van der Waals surface area contributed by atoms with Crippen molar-refractivity contribution in [3.63, 3.8) is 0 Å². The molecule has 0 bridgehead atoms. The minimum Gasteiger partial charge on any atom is -0.481 e. The number of rotatable bonds is 13. The highest BCUT2D eigenvalue weighted by molar-refractivity contribution is 6.46. The first-order chi connectivity index (χ1) is 13.6. The molecule has 0 fully saturated rings. The maximum absolute atomic E-state index is 10.6. The summed E-state index contributed by atoms with van der Waals surface area (Å²) in [6.45, 7) is 2.16. The highest BCUT2D eigenvalue weighted by Gasteiger charge is 2.18. The number of unbranched alkanes of at least 4 members (excludes halogenated alkanes) is 1. The molecule has 0 atom stereocenters. The normalized spacial score (nSPS) is 14.7. The summed E-state index contributed by atoms with van der Waals surface area (Å²) >= 11 is 0. The fourth-order valence-electron chi connectivity index (χ4n) is 2.69. The van der Waals surface area contributed by atoms with Crippen LogP contribution in [0.25, 0.3) is 0 Å². The molecule has 2 nitrogen and oxygen atoms in total. The lowest BCUT2D eigenvalue weighted by Crippen LogP contribution is -2.13. The fraction of sp³-hybridized carbons (Fsp3) is 0.450. The highest BCUT2D eigenvalue weighted by Crippen LogP contribution is 2.31. The third-order valence-corrected chi connectivity index (χ3v) is 4.92. The first-order valence-electron chi connectivity index (χ1n) is 11.3. The molecule has 0 spiro atoms. The van der Waals surface area contributed by atoms with E-state index in [0.717, 1.165) is 12.8 Å². The summed E-state index contributed by atoms with van der Waals surface area (Å²) in [5.41, 5.74) is 0. The Bertz CT molecular complexity index is 689. The molecule has 0 aromatic rings. The predicted octanol–water partition coefficient (Wildman–Crippen LogP) is -2.04. The molecule has 0 aliphatic carbocycles. The van der Waals surface area contributed by atoms with Crippen LogP contribution in [0, 0.1) is 0 Å². The van der Waals surface area contributed by atoms with Crippen LogP contribution in [0.5, 0.6) is 0 Å². The van der Waals surface area contributed by atoms with E-state index in [2.05, 4.69) is 130 Å². The second-order valence-electron chi connectivity index (χ2n) is 10.8. The molecule has 0 rings (SSSR count). The molecular formula is C20H38B8O2. The zero-order valence-electron chi connectivity index (χ0n) is 21.0. The van der Waals surface area contributed by atoms with Gasteiger partial charge in [-0.15, -0.1) is 0 Å². The van der Waals surface area contributed by atoms with Crippen molar-refractivity contribution < 1.29 is 9.90 Å². The highest BCUT2D eigenvalue weighted by atomic mass is 16.4. The number of allylic oxidation sites excluding steroid dienone is 10. The number of hydrogen-bond acceptors (Lipinski definition) is 1. The first-order valence-corrected chi connectivity index (χ1v) is 11.3. The van der Waals surface area contributed by atoms with Crippen molar-refractivity contribution in [2.24, 2.45) is 0 Å². The second-order valence-corrected chi connectivity index (χ2v) is 10.8. The van der Waals surface area contributed by atoms with Gasteiger partial charge in [-0.2, -0.15) is 0 Å². The van der Waals surface area contributed by atoms with Crippen molar-refractivity contribution >= 4 is 68.7 Å². The molecule has 0 aliphatic rings. The maximum atomic E-state index is 10.6. The topological polar surface area (TPSA) is 37.3 Å². The van der Waals surface area contributed by atoms with E-state index in [0.29, 0.717) is 6.42 Å². The average molecular weight is 397 g/mol. The predicted molar refractivity (Wildman–Crippen MR) is 157 cm³/mol. The Morgan fingerprint density at radius 3 is 1.33 bits per heavy atom. The van der Waals surface area contributed by atoms with E-state index in [-0.39, 0.29) is 27.3 Å². The lowest BCUT2D eigenvalue weighted by Gasteiger charge is -2.24. The third kappa shape index (κ3) is 15.5. The molecule has 0 aromatic heterocycles. The molecular weight excluding hydrogens is 359 g/mol. The van der Waals surface area contributed by atoms with Gasteiger partial charge in [-0.05, 0) is 19.3 Å². The van der Waals surface area contributed by atoms with Gasteiger partial charge in [0, 0.05) is 6.42 Å². The molecule has 0 heterocycles. The first kappa shape index (κ1) is 28.7. The largest absolute Gasteiger partial charge is 0.481 e. The molecule has 154 valence electrons.